The highest BCUT2D eigenvalue weighted by Crippen LogP contribution is 2.40. The molecule has 2 unspecified atom stereocenters. The van der Waals surface area contributed by atoms with Crippen LogP contribution in [0, 0.1) is 0 Å². The molecule has 0 aromatic heterocycles. The average molecular weight is 504 g/mol. The van der Waals surface area contributed by atoms with Crippen molar-refractivity contribution in [3.05, 3.63) is 0 Å². The van der Waals surface area contributed by atoms with Crippen LogP contribution in [0.2, 0.25) is 0 Å². The van der Waals surface area contributed by atoms with Gasteiger partial charge in [0.2, 0.25) is 0 Å². The molecule has 0 spiro atoms. The Hall–Kier alpha value is -0.930. The topological polar surface area (TPSA) is 299 Å². The van der Waals surface area contributed by atoms with E-state index in [2.05, 4.69) is 0 Å². The SMILES string of the molecule is O=C[C@@H](O)[C@@H](O)[C@H](O)[C@H](O)C(O)(C1O[C@H](CO)[C@@H](O)[C@H](O)[C@@H]1O)C1O[C@H](CO)[C@@H](O)[C@H](O)[C@@H]1O. The summed E-state index contributed by atoms with van der Waals surface area (Å²) in [6.45, 7) is -2.01. The maximum absolute atomic E-state index is 11.6. The molecule has 0 aromatic rings. The second kappa shape index (κ2) is 11.4. The van der Waals surface area contributed by atoms with Gasteiger partial charge in [-0.1, -0.05) is 0 Å². The molecule has 2 aliphatic heterocycles. The van der Waals surface area contributed by atoms with Crippen molar-refractivity contribution < 1.29 is 80.7 Å². The smallest absolute Gasteiger partial charge is 0.151 e. The molecule has 14 atom stereocenters. The maximum Gasteiger partial charge on any atom is 0.151 e. The maximum atomic E-state index is 11.6. The van der Waals surface area contributed by atoms with Gasteiger partial charge in [0.1, 0.15) is 85.5 Å². The van der Waals surface area contributed by atoms with Gasteiger partial charge in [0.05, 0.1) is 13.2 Å². The Balaban J connectivity index is 2.61. The zero-order valence-electron chi connectivity index (χ0n) is 17.6. The molecule has 2 saturated heterocycles. The minimum atomic E-state index is -3.37. The summed E-state index contributed by atoms with van der Waals surface area (Å²) < 4.78 is 10.4. The quantitative estimate of drug-likeness (QED) is 0.130. The highest BCUT2D eigenvalue weighted by atomic mass is 16.6. The number of ether oxygens (including phenoxy) is 2. The van der Waals surface area contributed by atoms with Crippen LogP contribution in [-0.2, 0) is 14.3 Å². The van der Waals surface area contributed by atoms with E-state index in [1.54, 1.807) is 0 Å². The molecule has 0 radical (unpaired) electrons. The molecule has 34 heavy (non-hydrogen) atoms. The fourth-order valence-electron chi connectivity index (χ4n) is 4.21. The number of aliphatic hydroxyl groups excluding tert-OH is 12. The minimum absolute atomic E-state index is 0.221. The standard InChI is InChI=1S/C18H32O16/c19-1-4(22)7(23)12(28)15(31)18(32,16-13(29)10(26)8(24)5(2-20)33-16)17-14(30)11(27)9(25)6(3-21)34-17/h1,4-17,20-32H,2-3H2/t4-,5-,6-,7-,8-,9-,10+,11+,12+,13+,14+,15+,16?,17?,18?/m1/s1. The molecule has 2 aliphatic rings. The molecule has 200 valence electrons. The van der Waals surface area contributed by atoms with Crippen LogP contribution in [0.1, 0.15) is 0 Å². The van der Waals surface area contributed by atoms with Crippen LogP contribution in [0.15, 0.2) is 0 Å². The van der Waals surface area contributed by atoms with Crippen LogP contribution in [0.4, 0.5) is 0 Å². The van der Waals surface area contributed by atoms with Crippen LogP contribution >= 0.6 is 0 Å². The van der Waals surface area contributed by atoms with Crippen LogP contribution < -0.4 is 0 Å². The van der Waals surface area contributed by atoms with Crippen LogP contribution in [0.25, 0.3) is 0 Å². The van der Waals surface area contributed by atoms with Gasteiger partial charge in [0.25, 0.3) is 0 Å². The third-order valence-electron chi connectivity index (χ3n) is 6.33. The number of carbonyl (C=O) groups excluding carboxylic acids is 1. The molecular formula is C18H32O16. The van der Waals surface area contributed by atoms with Gasteiger partial charge in [-0.25, -0.2) is 0 Å². The Morgan fingerprint density at radius 3 is 1.38 bits per heavy atom. The second-order valence-electron chi connectivity index (χ2n) is 8.44. The Kier molecular flexibility index (Phi) is 9.84. The number of hydrogen-bond acceptors (Lipinski definition) is 16. The average Bonchev–Trinajstić information content (AvgIpc) is 2.83. The highest BCUT2D eigenvalue weighted by Gasteiger charge is 2.65. The zero-order chi connectivity index (χ0) is 26.1. The summed E-state index contributed by atoms with van der Waals surface area (Å²) in [4.78, 5) is 10.8. The molecule has 13 N–H and O–H groups in total. The van der Waals surface area contributed by atoms with Gasteiger partial charge >= 0.3 is 0 Å². The van der Waals surface area contributed by atoms with E-state index < -0.39 is 104 Å². The largest absolute Gasteiger partial charge is 0.394 e. The van der Waals surface area contributed by atoms with Gasteiger partial charge in [0.15, 0.2) is 11.9 Å². The molecule has 16 heteroatoms. The summed E-state index contributed by atoms with van der Waals surface area (Å²) in [6.07, 6.45) is -31.3. The van der Waals surface area contributed by atoms with Gasteiger partial charge < -0.3 is 80.7 Å². The second-order valence-corrected chi connectivity index (χ2v) is 8.44. The zero-order valence-corrected chi connectivity index (χ0v) is 17.6. The molecule has 0 aliphatic carbocycles. The van der Waals surface area contributed by atoms with Gasteiger partial charge in [-0.2, -0.15) is 0 Å². The van der Waals surface area contributed by atoms with E-state index >= 15 is 0 Å². The predicted octanol–water partition coefficient (Wildman–Crippen LogP) is -8.96. The van der Waals surface area contributed by atoms with Crippen molar-refractivity contribution >= 4 is 6.29 Å². The first-order valence-corrected chi connectivity index (χ1v) is 10.3. The first kappa shape index (κ1) is 29.3. The van der Waals surface area contributed by atoms with Crippen molar-refractivity contribution in [2.75, 3.05) is 13.2 Å². The Labute approximate surface area is 192 Å². The first-order chi connectivity index (χ1) is 15.8. The van der Waals surface area contributed by atoms with Gasteiger partial charge in [-0.3, -0.25) is 0 Å². The Bertz CT molecular complexity index is 626. The summed E-state index contributed by atoms with van der Waals surface area (Å²) in [6, 6.07) is 0. The molecular weight excluding hydrogens is 472 g/mol. The Morgan fingerprint density at radius 1 is 0.676 bits per heavy atom. The van der Waals surface area contributed by atoms with E-state index in [0.29, 0.717) is 0 Å². The molecule has 0 saturated carbocycles. The van der Waals surface area contributed by atoms with Gasteiger partial charge in [-0.05, 0) is 0 Å². The number of rotatable bonds is 9. The highest BCUT2D eigenvalue weighted by molar-refractivity contribution is 5.56. The first-order valence-electron chi connectivity index (χ1n) is 10.3. The van der Waals surface area contributed by atoms with E-state index in [-0.39, 0.29) is 6.29 Å². The number of hydrogen-bond donors (Lipinski definition) is 13. The summed E-state index contributed by atoms with van der Waals surface area (Å²) in [5.41, 5.74) is -3.37. The molecule has 2 fully saturated rings. The third-order valence-corrected chi connectivity index (χ3v) is 6.33. The number of aldehydes is 1. The summed E-state index contributed by atoms with van der Waals surface area (Å²) in [5, 5.41) is 132. The number of aliphatic hydroxyl groups is 13. The van der Waals surface area contributed by atoms with Crippen molar-refractivity contribution in [2.24, 2.45) is 0 Å². The van der Waals surface area contributed by atoms with Crippen molar-refractivity contribution in [3.8, 4) is 0 Å². The van der Waals surface area contributed by atoms with E-state index in [4.69, 9.17) is 9.47 Å². The van der Waals surface area contributed by atoms with Crippen LogP contribution in [0.5, 0.6) is 0 Å². The lowest BCUT2D eigenvalue weighted by molar-refractivity contribution is -0.348. The summed E-state index contributed by atoms with van der Waals surface area (Å²) in [7, 11) is 0. The summed E-state index contributed by atoms with van der Waals surface area (Å²) in [5.74, 6) is 0. The lowest BCUT2D eigenvalue weighted by Gasteiger charge is -2.55. The molecule has 2 rings (SSSR count). The van der Waals surface area contributed by atoms with E-state index in [1.165, 1.54) is 0 Å². The minimum Gasteiger partial charge on any atom is -0.394 e. The molecule has 16 nitrogen and oxygen atoms in total. The van der Waals surface area contributed by atoms with Crippen molar-refractivity contribution in [1.29, 1.82) is 0 Å². The van der Waals surface area contributed by atoms with Crippen molar-refractivity contribution in [2.45, 2.75) is 91.1 Å². The summed E-state index contributed by atoms with van der Waals surface area (Å²) >= 11 is 0. The van der Waals surface area contributed by atoms with Crippen LogP contribution in [-0.4, -0.2) is 177 Å². The molecule has 0 amide bonds. The Morgan fingerprint density at radius 2 is 1.06 bits per heavy atom. The lowest BCUT2D eigenvalue weighted by Crippen LogP contribution is -2.78. The molecule has 2 heterocycles. The van der Waals surface area contributed by atoms with Gasteiger partial charge in [0, 0.05) is 0 Å². The van der Waals surface area contributed by atoms with Crippen LogP contribution in [0.3, 0.4) is 0 Å². The predicted molar refractivity (Wildman–Crippen MR) is 103 cm³/mol. The molecule has 0 aromatic carbocycles. The molecule has 0 bridgehead atoms. The van der Waals surface area contributed by atoms with E-state index in [0.717, 1.165) is 0 Å². The normalized spacial score (nSPS) is 44.5. The monoisotopic (exact) mass is 504 g/mol. The van der Waals surface area contributed by atoms with Crippen molar-refractivity contribution in [1.82, 2.24) is 0 Å². The fourth-order valence-corrected chi connectivity index (χ4v) is 4.21. The van der Waals surface area contributed by atoms with Crippen molar-refractivity contribution in [3.63, 3.8) is 0 Å². The fraction of sp³-hybridized carbons (Fsp3) is 0.944. The third kappa shape index (κ3) is 4.99. The van der Waals surface area contributed by atoms with E-state index in [9.17, 15) is 71.2 Å². The lowest BCUT2D eigenvalue weighted by atomic mass is 9.72. The van der Waals surface area contributed by atoms with Gasteiger partial charge in [-0.15, -0.1) is 0 Å². The number of carbonyl (C=O) groups is 1. The van der Waals surface area contributed by atoms with E-state index in [1.807, 2.05) is 0 Å².